The topological polar surface area (TPSA) is 210 Å². The fourth-order valence-corrected chi connectivity index (χ4v) is 6.57. The molecule has 0 bridgehead atoms. The predicted octanol–water partition coefficient (Wildman–Crippen LogP) is 5.88. The summed E-state index contributed by atoms with van der Waals surface area (Å²) in [7, 11) is -5.10. The van der Waals surface area contributed by atoms with Gasteiger partial charge < -0.3 is 39.9 Å². The number of phosphoric acid groups is 1. The highest BCUT2D eigenvalue weighted by atomic mass is 31.2. The lowest BCUT2D eigenvalue weighted by atomic mass is 9.85. The highest BCUT2D eigenvalue weighted by Crippen LogP contribution is 2.47. The third-order valence-electron chi connectivity index (χ3n) is 8.75. The van der Waals surface area contributed by atoms with Crippen molar-refractivity contribution in [3.63, 3.8) is 0 Å². The standard InChI is InChI=1S/C38H67O13P/c1-3-5-7-9-11-12-13-14-15-16-17-18-19-20-21-23-25-27-32(40)50-30(28-48-31(39)26-24-22-10-8-6-4-2)29-49-52(46,47)51-38-36(44)34(42)33(41)35(43)37(38)45/h5,7,11-12,14-15,30,33-38,41-45H,3-4,6,8-10,13,16-29H2,1-2H3,(H,46,47)/b7-5-,12-11-,15-14-. The monoisotopic (exact) mass is 762 g/mol. The van der Waals surface area contributed by atoms with Gasteiger partial charge in [0.15, 0.2) is 6.10 Å². The Morgan fingerprint density at radius 1 is 0.615 bits per heavy atom. The number of carbonyl (C=O) groups is 2. The fraction of sp³-hybridized carbons (Fsp3) is 0.789. The van der Waals surface area contributed by atoms with Crippen molar-refractivity contribution in [2.24, 2.45) is 0 Å². The Morgan fingerprint density at radius 2 is 1.10 bits per heavy atom. The molecule has 6 N–H and O–H groups in total. The molecule has 1 aliphatic carbocycles. The minimum Gasteiger partial charge on any atom is -0.462 e. The van der Waals surface area contributed by atoms with Crippen LogP contribution in [0.15, 0.2) is 36.5 Å². The van der Waals surface area contributed by atoms with Gasteiger partial charge in [0.25, 0.3) is 0 Å². The van der Waals surface area contributed by atoms with E-state index in [1.807, 2.05) is 0 Å². The first-order valence-electron chi connectivity index (χ1n) is 19.3. The molecular weight excluding hydrogens is 695 g/mol. The number of esters is 2. The fourth-order valence-electron chi connectivity index (χ4n) is 5.59. The summed E-state index contributed by atoms with van der Waals surface area (Å²) in [6.07, 6.45) is 16.9. The molecule has 0 aromatic carbocycles. The van der Waals surface area contributed by atoms with Gasteiger partial charge in [-0.1, -0.05) is 115 Å². The molecule has 0 spiro atoms. The van der Waals surface area contributed by atoms with Crippen molar-refractivity contribution in [3.8, 4) is 0 Å². The molecule has 1 rings (SSSR count). The van der Waals surface area contributed by atoms with Crippen LogP contribution in [0, 0.1) is 0 Å². The van der Waals surface area contributed by atoms with Gasteiger partial charge in [0.1, 0.15) is 43.2 Å². The highest BCUT2D eigenvalue weighted by Gasteiger charge is 2.51. The molecule has 1 saturated carbocycles. The number of ether oxygens (including phenoxy) is 2. The minimum atomic E-state index is -5.10. The van der Waals surface area contributed by atoms with E-state index >= 15 is 0 Å². The zero-order valence-electron chi connectivity index (χ0n) is 31.3. The molecule has 13 nitrogen and oxygen atoms in total. The molecule has 0 radical (unpaired) electrons. The second-order valence-electron chi connectivity index (χ2n) is 13.4. The molecule has 0 aromatic rings. The summed E-state index contributed by atoms with van der Waals surface area (Å²) in [6, 6.07) is 0. The van der Waals surface area contributed by atoms with E-state index in [-0.39, 0.29) is 12.8 Å². The quantitative estimate of drug-likeness (QED) is 0.0219. The zero-order valence-corrected chi connectivity index (χ0v) is 32.2. The summed E-state index contributed by atoms with van der Waals surface area (Å²) < 4.78 is 33.2. The summed E-state index contributed by atoms with van der Waals surface area (Å²) in [4.78, 5) is 35.3. The molecule has 0 saturated heterocycles. The van der Waals surface area contributed by atoms with E-state index in [0.717, 1.165) is 96.3 Å². The van der Waals surface area contributed by atoms with E-state index in [2.05, 4.69) is 50.3 Å². The van der Waals surface area contributed by atoms with Crippen molar-refractivity contribution < 1.29 is 63.1 Å². The first-order chi connectivity index (χ1) is 24.9. The van der Waals surface area contributed by atoms with Gasteiger partial charge in [-0.3, -0.25) is 18.6 Å². The van der Waals surface area contributed by atoms with Crippen molar-refractivity contribution in [2.45, 2.75) is 179 Å². The number of unbranched alkanes of at least 4 members (excludes halogenated alkanes) is 12. The van der Waals surface area contributed by atoms with Crippen LogP contribution < -0.4 is 0 Å². The third-order valence-corrected chi connectivity index (χ3v) is 9.73. The summed E-state index contributed by atoms with van der Waals surface area (Å²) in [5.41, 5.74) is 0. The second-order valence-corrected chi connectivity index (χ2v) is 14.8. The Hall–Kier alpha value is -1.93. The Bertz CT molecular complexity index is 1070. The van der Waals surface area contributed by atoms with Crippen LogP contribution in [0.4, 0.5) is 0 Å². The number of carbonyl (C=O) groups excluding carboxylic acids is 2. The Kier molecular flexibility index (Phi) is 27.2. The van der Waals surface area contributed by atoms with E-state index in [4.69, 9.17) is 18.5 Å². The maximum absolute atomic E-state index is 12.7. The second kappa shape index (κ2) is 29.4. The summed E-state index contributed by atoms with van der Waals surface area (Å²) in [5, 5.41) is 49.8. The van der Waals surface area contributed by atoms with Gasteiger partial charge >= 0.3 is 19.8 Å². The summed E-state index contributed by atoms with van der Waals surface area (Å²) in [5.74, 6) is -1.12. The third kappa shape index (κ3) is 22.3. The molecule has 0 aliphatic heterocycles. The molecule has 302 valence electrons. The molecular formula is C38H67O13P. The molecule has 14 heteroatoms. The van der Waals surface area contributed by atoms with Crippen LogP contribution in [0.3, 0.4) is 0 Å². The molecule has 0 aromatic heterocycles. The van der Waals surface area contributed by atoms with Crippen molar-refractivity contribution in [3.05, 3.63) is 36.5 Å². The van der Waals surface area contributed by atoms with Crippen molar-refractivity contribution in [1.82, 2.24) is 0 Å². The van der Waals surface area contributed by atoms with Crippen molar-refractivity contribution in [1.29, 1.82) is 0 Å². The smallest absolute Gasteiger partial charge is 0.462 e. The first-order valence-corrected chi connectivity index (χ1v) is 20.8. The molecule has 52 heavy (non-hydrogen) atoms. The molecule has 0 heterocycles. The van der Waals surface area contributed by atoms with E-state index < -0.39 is 75.7 Å². The van der Waals surface area contributed by atoms with Gasteiger partial charge in [0.05, 0.1) is 6.61 Å². The van der Waals surface area contributed by atoms with Crippen LogP contribution in [0.25, 0.3) is 0 Å². The molecule has 6 unspecified atom stereocenters. The number of hydrogen-bond acceptors (Lipinski definition) is 12. The van der Waals surface area contributed by atoms with Crippen LogP contribution in [0.5, 0.6) is 0 Å². The highest BCUT2D eigenvalue weighted by molar-refractivity contribution is 7.47. The van der Waals surface area contributed by atoms with E-state index in [9.17, 15) is 44.6 Å². The van der Waals surface area contributed by atoms with E-state index in [0.29, 0.717) is 12.8 Å². The number of aliphatic hydroxyl groups excluding tert-OH is 5. The number of phosphoric ester groups is 1. The average molecular weight is 763 g/mol. The van der Waals surface area contributed by atoms with Gasteiger partial charge in [0.2, 0.25) is 0 Å². The van der Waals surface area contributed by atoms with Crippen LogP contribution in [0.2, 0.25) is 0 Å². The largest absolute Gasteiger partial charge is 0.472 e. The zero-order chi connectivity index (χ0) is 38.6. The van der Waals surface area contributed by atoms with E-state index in [1.54, 1.807) is 0 Å². The van der Waals surface area contributed by atoms with Gasteiger partial charge in [-0.05, 0) is 44.9 Å². The SMILES string of the molecule is CC/C=C\C/C=C\C/C=C\CCCCCCCCCC(=O)OC(COC(=O)CCCCCCCC)COP(=O)(O)OC1C(O)C(O)C(O)C(O)C1O. The molecule has 6 atom stereocenters. The maximum atomic E-state index is 12.7. The number of allylic oxidation sites excluding steroid dienone is 6. The van der Waals surface area contributed by atoms with Crippen LogP contribution in [-0.4, -0.2) is 98.3 Å². The minimum absolute atomic E-state index is 0.0855. The van der Waals surface area contributed by atoms with E-state index in [1.165, 1.54) is 0 Å². The predicted molar refractivity (Wildman–Crippen MR) is 198 cm³/mol. The Balaban J connectivity index is 2.49. The van der Waals surface area contributed by atoms with Crippen molar-refractivity contribution in [2.75, 3.05) is 13.2 Å². The average Bonchev–Trinajstić information content (AvgIpc) is 3.12. The van der Waals surface area contributed by atoms with Crippen molar-refractivity contribution >= 4 is 19.8 Å². The summed E-state index contributed by atoms with van der Waals surface area (Å²) in [6.45, 7) is 3.06. The molecule has 1 fully saturated rings. The Labute approximate surface area is 310 Å². The lowest BCUT2D eigenvalue weighted by Gasteiger charge is -2.41. The van der Waals surface area contributed by atoms with Gasteiger partial charge in [-0.2, -0.15) is 0 Å². The number of rotatable bonds is 30. The molecule has 0 amide bonds. The Morgan fingerprint density at radius 3 is 1.67 bits per heavy atom. The van der Waals surface area contributed by atoms with Crippen LogP contribution >= 0.6 is 7.82 Å². The van der Waals surface area contributed by atoms with Crippen LogP contribution in [0.1, 0.15) is 136 Å². The number of hydrogen-bond donors (Lipinski definition) is 6. The first kappa shape index (κ1) is 48.1. The normalized spacial score (nSPS) is 24.1. The van der Waals surface area contributed by atoms with Gasteiger partial charge in [0, 0.05) is 12.8 Å². The lowest BCUT2D eigenvalue weighted by Crippen LogP contribution is -2.64. The van der Waals surface area contributed by atoms with Gasteiger partial charge in [-0.25, -0.2) is 4.57 Å². The maximum Gasteiger partial charge on any atom is 0.472 e. The molecule has 1 aliphatic rings. The number of aliphatic hydroxyl groups is 5. The van der Waals surface area contributed by atoms with Gasteiger partial charge in [-0.15, -0.1) is 0 Å². The lowest BCUT2D eigenvalue weighted by molar-refractivity contribution is -0.220. The summed E-state index contributed by atoms with van der Waals surface area (Å²) >= 11 is 0. The van der Waals surface area contributed by atoms with Crippen LogP contribution in [-0.2, 0) is 32.7 Å².